The average Bonchev–Trinajstić information content (AvgIpc) is 3.31. The number of fused-ring (bicyclic) bond motifs is 1. The van der Waals surface area contributed by atoms with Gasteiger partial charge in [-0.05, 0) is 36.4 Å². The number of carbonyl (C=O) groups is 1. The summed E-state index contributed by atoms with van der Waals surface area (Å²) in [6.45, 7) is 0. The van der Waals surface area contributed by atoms with Crippen molar-refractivity contribution in [3.8, 4) is 23.2 Å². The van der Waals surface area contributed by atoms with Gasteiger partial charge in [0.05, 0.1) is 29.9 Å². The molecule has 2 aromatic heterocycles. The Kier molecular flexibility index (Phi) is 4.37. The van der Waals surface area contributed by atoms with E-state index in [2.05, 4.69) is 20.0 Å². The fourth-order valence-corrected chi connectivity index (χ4v) is 3.11. The molecule has 0 unspecified atom stereocenters. The Morgan fingerprint density at radius 3 is 2.79 bits per heavy atom. The molecule has 0 bridgehead atoms. The zero-order valence-corrected chi connectivity index (χ0v) is 15.5. The van der Waals surface area contributed by atoms with E-state index in [1.54, 1.807) is 36.9 Å². The maximum Gasteiger partial charge on any atom is 0.439 e. The van der Waals surface area contributed by atoms with Gasteiger partial charge in [0, 0.05) is 24.1 Å². The molecule has 0 fully saturated rings. The molecule has 0 aliphatic heterocycles. The lowest BCUT2D eigenvalue weighted by atomic mass is 10.1. The van der Waals surface area contributed by atoms with Gasteiger partial charge in [-0.25, -0.2) is 4.79 Å². The molecule has 4 rings (SSSR count). The number of hydrogen-bond donors (Lipinski definition) is 2. The Morgan fingerprint density at radius 1 is 1.28 bits per heavy atom. The summed E-state index contributed by atoms with van der Waals surface area (Å²) in [4.78, 5) is 26.7. The Balaban J connectivity index is 1.74. The highest BCUT2D eigenvalue weighted by Gasteiger charge is 2.18. The minimum Gasteiger partial charge on any atom is -0.497 e. The molecule has 2 heterocycles. The topological polar surface area (TPSA) is 126 Å². The molecule has 1 amide bonds. The van der Waals surface area contributed by atoms with Crippen LogP contribution in [0.15, 0.2) is 51.8 Å². The van der Waals surface area contributed by atoms with Gasteiger partial charge >= 0.3 is 5.76 Å². The summed E-state index contributed by atoms with van der Waals surface area (Å²) in [5.41, 5.74) is 2.36. The lowest BCUT2D eigenvalue weighted by Crippen LogP contribution is -2.16. The number of carbonyl (C=O) groups excluding carboxylic acids is 1. The van der Waals surface area contributed by atoms with Crippen LogP contribution in [-0.2, 0) is 7.05 Å². The van der Waals surface area contributed by atoms with Crippen LogP contribution in [0.1, 0.15) is 16.1 Å². The van der Waals surface area contributed by atoms with E-state index < -0.39 is 5.76 Å². The SMILES string of the molecule is COc1ccc2cc(C(=O)Nc3ccc(C#N)cc3-c3noc(=O)[nH]3)n(C)c2c1. The van der Waals surface area contributed by atoms with Crippen LogP contribution >= 0.6 is 0 Å². The van der Waals surface area contributed by atoms with Crippen LogP contribution in [0.2, 0.25) is 0 Å². The maximum atomic E-state index is 13.0. The summed E-state index contributed by atoms with van der Waals surface area (Å²) in [5.74, 6) is -0.291. The van der Waals surface area contributed by atoms with Gasteiger partial charge in [0.15, 0.2) is 5.82 Å². The van der Waals surface area contributed by atoms with Gasteiger partial charge in [-0.2, -0.15) is 5.26 Å². The normalized spacial score (nSPS) is 10.7. The molecule has 0 saturated carbocycles. The van der Waals surface area contributed by atoms with Crippen molar-refractivity contribution in [2.24, 2.45) is 7.05 Å². The number of rotatable bonds is 4. The standard InChI is InChI=1S/C20H15N5O4/c1-25-16-9-13(28-2)5-4-12(16)8-17(25)19(26)22-15-6-3-11(10-21)7-14(15)18-23-20(27)29-24-18/h3-9H,1-2H3,(H,22,26)(H,23,24,27). The second-order valence-electron chi connectivity index (χ2n) is 6.28. The Morgan fingerprint density at radius 2 is 2.10 bits per heavy atom. The fourth-order valence-electron chi connectivity index (χ4n) is 3.11. The molecule has 0 saturated heterocycles. The van der Waals surface area contributed by atoms with Crippen LogP contribution in [0.5, 0.6) is 5.75 Å². The van der Waals surface area contributed by atoms with Crippen LogP contribution in [-0.4, -0.2) is 27.7 Å². The Labute approximate surface area is 164 Å². The number of nitrogens with zero attached hydrogens (tertiary/aromatic N) is 3. The average molecular weight is 389 g/mol. The van der Waals surface area contributed by atoms with E-state index in [0.717, 1.165) is 10.9 Å². The molecule has 0 radical (unpaired) electrons. The second kappa shape index (κ2) is 7.01. The summed E-state index contributed by atoms with van der Waals surface area (Å²) >= 11 is 0. The molecule has 9 heteroatoms. The van der Waals surface area contributed by atoms with Crippen molar-refractivity contribution in [2.45, 2.75) is 0 Å². The van der Waals surface area contributed by atoms with Crippen molar-refractivity contribution in [3.63, 3.8) is 0 Å². The van der Waals surface area contributed by atoms with Crippen molar-refractivity contribution in [2.75, 3.05) is 12.4 Å². The van der Waals surface area contributed by atoms with Crippen molar-refractivity contribution < 1.29 is 14.1 Å². The molecule has 29 heavy (non-hydrogen) atoms. The van der Waals surface area contributed by atoms with Crippen LogP contribution in [0.4, 0.5) is 5.69 Å². The number of aromatic amines is 1. The molecule has 0 spiro atoms. The number of nitriles is 1. The van der Waals surface area contributed by atoms with Gasteiger partial charge in [0.2, 0.25) is 0 Å². The summed E-state index contributed by atoms with van der Waals surface area (Å²) in [6, 6.07) is 14.0. The Bertz CT molecular complexity index is 1340. The maximum absolute atomic E-state index is 13.0. The molecule has 9 nitrogen and oxygen atoms in total. The van der Waals surface area contributed by atoms with Gasteiger partial charge in [0.1, 0.15) is 11.4 Å². The summed E-state index contributed by atoms with van der Waals surface area (Å²) in [7, 11) is 3.36. The van der Waals surface area contributed by atoms with Gasteiger partial charge in [-0.15, -0.1) is 0 Å². The minimum atomic E-state index is -0.734. The van der Waals surface area contributed by atoms with Crippen molar-refractivity contribution in [1.29, 1.82) is 5.26 Å². The third-order valence-corrected chi connectivity index (χ3v) is 4.58. The lowest BCUT2D eigenvalue weighted by Gasteiger charge is -2.10. The molecule has 0 aliphatic rings. The molecule has 2 N–H and O–H groups in total. The van der Waals surface area contributed by atoms with E-state index in [0.29, 0.717) is 28.3 Å². The molecular weight excluding hydrogens is 374 g/mol. The first kappa shape index (κ1) is 18.1. The monoisotopic (exact) mass is 389 g/mol. The Hall–Kier alpha value is -4.32. The second-order valence-corrected chi connectivity index (χ2v) is 6.28. The molecule has 4 aromatic rings. The van der Waals surface area contributed by atoms with Crippen LogP contribution in [0.3, 0.4) is 0 Å². The third kappa shape index (κ3) is 3.23. The molecule has 144 valence electrons. The quantitative estimate of drug-likeness (QED) is 0.553. The van der Waals surface area contributed by atoms with E-state index in [1.165, 1.54) is 6.07 Å². The van der Waals surface area contributed by atoms with Crippen molar-refractivity contribution >= 4 is 22.5 Å². The largest absolute Gasteiger partial charge is 0.497 e. The number of amides is 1. The summed E-state index contributed by atoms with van der Waals surface area (Å²) < 4.78 is 11.5. The zero-order chi connectivity index (χ0) is 20.5. The fraction of sp³-hybridized carbons (Fsp3) is 0.100. The number of H-pyrrole nitrogens is 1. The molecular formula is C20H15N5O4. The summed E-state index contributed by atoms with van der Waals surface area (Å²) in [6.07, 6.45) is 0. The number of nitrogens with one attached hydrogen (secondary N) is 2. The molecule has 0 atom stereocenters. The highest BCUT2D eigenvalue weighted by Crippen LogP contribution is 2.28. The number of benzene rings is 2. The van der Waals surface area contributed by atoms with Crippen LogP contribution < -0.4 is 15.8 Å². The number of aryl methyl sites for hydroxylation is 1. The van der Waals surface area contributed by atoms with E-state index in [4.69, 9.17) is 10.00 Å². The molecule has 2 aromatic carbocycles. The van der Waals surface area contributed by atoms with E-state index in [1.807, 2.05) is 24.3 Å². The van der Waals surface area contributed by atoms with E-state index in [-0.39, 0.29) is 11.7 Å². The zero-order valence-electron chi connectivity index (χ0n) is 15.5. The first-order valence-corrected chi connectivity index (χ1v) is 8.55. The van der Waals surface area contributed by atoms with Gasteiger partial charge in [-0.3, -0.25) is 14.3 Å². The molecule has 0 aliphatic carbocycles. The number of methoxy groups -OCH3 is 1. The van der Waals surface area contributed by atoms with Crippen LogP contribution in [0.25, 0.3) is 22.3 Å². The third-order valence-electron chi connectivity index (χ3n) is 4.58. The van der Waals surface area contributed by atoms with Crippen molar-refractivity contribution in [1.82, 2.24) is 14.7 Å². The number of hydrogen-bond acceptors (Lipinski definition) is 6. The first-order chi connectivity index (χ1) is 14.0. The number of anilines is 1. The number of ether oxygens (including phenoxy) is 1. The lowest BCUT2D eigenvalue weighted by molar-refractivity contribution is 0.102. The van der Waals surface area contributed by atoms with Gasteiger partial charge in [0.25, 0.3) is 5.91 Å². The van der Waals surface area contributed by atoms with Crippen molar-refractivity contribution in [3.05, 3.63) is 64.3 Å². The van der Waals surface area contributed by atoms with E-state index >= 15 is 0 Å². The predicted molar refractivity (Wildman–Crippen MR) is 105 cm³/mol. The number of aromatic nitrogens is 3. The van der Waals surface area contributed by atoms with E-state index in [9.17, 15) is 9.59 Å². The highest BCUT2D eigenvalue weighted by atomic mass is 16.5. The predicted octanol–water partition coefficient (Wildman–Crippen LogP) is 2.65. The van der Waals surface area contributed by atoms with Gasteiger partial charge in [-0.1, -0.05) is 5.16 Å². The first-order valence-electron chi connectivity index (χ1n) is 8.55. The van der Waals surface area contributed by atoms with Crippen LogP contribution in [0, 0.1) is 11.3 Å². The summed E-state index contributed by atoms with van der Waals surface area (Å²) in [5, 5.41) is 16.5. The highest BCUT2D eigenvalue weighted by molar-refractivity contribution is 6.08. The van der Waals surface area contributed by atoms with Gasteiger partial charge < -0.3 is 14.6 Å². The smallest absolute Gasteiger partial charge is 0.439 e. The minimum absolute atomic E-state index is 0.115.